The number of hydroxylamine groups is 1. The van der Waals surface area contributed by atoms with E-state index in [1.165, 1.54) is 12.8 Å². The number of carbonyl (C=O) groups excluding carboxylic acids is 2. The molecule has 5 heteroatoms. The van der Waals surface area contributed by atoms with Crippen molar-refractivity contribution in [2.75, 3.05) is 6.54 Å². The van der Waals surface area contributed by atoms with E-state index in [0.29, 0.717) is 19.4 Å². The van der Waals surface area contributed by atoms with Gasteiger partial charge in [0.15, 0.2) is 0 Å². The molecule has 2 fully saturated rings. The summed E-state index contributed by atoms with van der Waals surface area (Å²) in [5, 5.41) is 2.69. The number of nitrogens with one attached hydrogen (secondary N) is 2. The number of carbonyl (C=O) groups is 2. The summed E-state index contributed by atoms with van der Waals surface area (Å²) in [5.41, 5.74) is 2.52. The van der Waals surface area contributed by atoms with Crippen LogP contribution in [0.25, 0.3) is 0 Å². The van der Waals surface area contributed by atoms with Crippen LogP contribution in [0, 0.1) is 5.92 Å². The number of hydrogen-bond donors (Lipinski definition) is 2. The molecule has 1 saturated heterocycles. The zero-order valence-electron chi connectivity index (χ0n) is 9.33. The zero-order chi connectivity index (χ0) is 11.4. The van der Waals surface area contributed by atoms with Gasteiger partial charge in [-0.1, -0.05) is 12.8 Å². The van der Waals surface area contributed by atoms with Crippen LogP contribution in [0.3, 0.4) is 0 Å². The summed E-state index contributed by atoms with van der Waals surface area (Å²) in [7, 11) is 0. The lowest BCUT2D eigenvalue weighted by Gasteiger charge is -2.22. The van der Waals surface area contributed by atoms with Crippen LogP contribution in [0.15, 0.2) is 0 Å². The predicted octanol–water partition coefficient (Wildman–Crippen LogP) is 0.503. The Morgan fingerprint density at radius 3 is 2.69 bits per heavy atom. The van der Waals surface area contributed by atoms with E-state index >= 15 is 0 Å². The van der Waals surface area contributed by atoms with Crippen molar-refractivity contribution in [3.8, 4) is 0 Å². The van der Waals surface area contributed by atoms with Crippen LogP contribution < -0.4 is 10.8 Å². The van der Waals surface area contributed by atoms with Crippen molar-refractivity contribution in [3.63, 3.8) is 0 Å². The second kappa shape index (κ2) is 5.30. The molecule has 0 radical (unpaired) electrons. The van der Waals surface area contributed by atoms with Crippen LogP contribution in [-0.2, 0) is 14.4 Å². The van der Waals surface area contributed by atoms with Crippen molar-refractivity contribution in [2.24, 2.45) is 5.92 Å². The molecular weight excluding hydrogens is 208 g/mol. The number of hydrogen-bond acceptors (Lipinski definition) is 3. The molecule has 0 bridgehead atoms. The average Bonchev–Trinajstić information content (AvgIpc) is 2.80. The number of piperidine rings is 1. The molecule has 2 N–H and O–H groups in total. The third kappa shape index (κ3) is 2.95. The number of amides is 2. The molecule has 1 aliphatic carbocycles. The van der Waals surface area contributed by atoms with Crippen molar-refractivity contribution in [2.45, 2.75) is 44.6 Å². The first-order valence-electron chi connectivity index (χ1n) is 5.98. The molecule has 1 unspecified atom stereocenters. The van der Waals surface area contributed by atoms with Gasteiger partial charge in [-0.3, -0.25) is 14.4 Å². The lowest BCUT2D eigenvalue weighted by atomic mass is 9.99. The second-order valence-electron chi connectivity index (χ2n) is 4.53. The quantitative estimate of drug-likeness (QED) is 0.689. The van der Waals surface area contributed by atoms with Crippen molar-refractivity contribution in [1.29, 1.82) is 0 Å². The molecule has 5 nitrogen and oxygen atoms in total. The van der Waals surface area contributed by atoms with Gasteiger partial charge >= 0.3 is 0 Å². The van der Waals surface area contributed by atoms with E-state index in [1.807, 2.05) is 0 Å². The van der Waals surface area contributed by atoms with Gasteiger partial charge in [-0.15, -0.1) is 0 Å². The van der Waals surface area contributed by atoms with E-state index < -0.39 is 0 Å². The van der Waals surface area contributed by atoms with Gasteiger partial charge in [0.1, 0.15) is 0 Å². The maximum Gasteiger partial charge on any atom is 0.248 e. The van der Waals surface area contributed by atoms with Crippen molar-refractivity contribution in [3.05, 3.63) is 0 Å². The summed E-state index contributed by atoms with van der Waals surface area (Å²) in [5.74, 6) is -0.216. The standard InChI is InChI=1S/C11H18N2O3/c14-10-6-5-8(7-12-10)11(15)13-16-9-3-1-2-4-9/h8-9H,1-7H2,(H,12,14)(H,13,15). The molecule has 2 amide bonds. The van der Waals surface area contributed by atoms with Gasteiger partial charge in [0, 0.05) is 13.0 Å². The Labute approximate surface area is 94.9 Å². The van der Waals surface area contributed by atoms with E-state index in [0.717, 1.165) is 12.8 Å². The lowest BCUT2D eigenvalue weighted by Crippen LogP contribution is -2.43. The Morgan fingerprint density at radius 2 is 2.06 bits per heavy atom. The first-order valence-corrected chi connectivity index (χ1v) is 5.98. The van der Waals surface area contributed by atoms with Gasteiger partial charge in [0.2, 0.25) is 11.8 Å². The molecule has 1 aliphatic heterocycles. The molecule has 0 aromatic rings. The highest BCUT2D eigenvalue weighted by Gasteiger charge is 2.25. The highest BCUT2D eigenvalue weighted by Crippen LogP contribution is 2.20. The fourth-order valence-electron chi connectivity index (χ4n) is 2.19. The molecule has 90 valence electrons. The van der Waals surface area contributed by atoms with Crippen LogP contribution in [0.4, 0.5) is 0 Å². The Kier molecular flexibility index (Phi) is 3.77. The third-order valence-electron chi connectivity index (χ3n) is 3.26. The van der Waals surface area contributed by atoms with Crippen molar-refractivity contribution in [1.82, 2.24) is 10.8 Å². The summed E-state index contributed by atoms with van der Waals surface area (Å²) in [6.45, 7) is 0.429. The van der Waals surface area contributed by atoms with Gasteiger partial charge in [0.05, 0.1) is 12.0 Å². The Morgan fingerprint density at radius 1 is 1.31 bits per heavy atom. The minimum atomic E-state index is -0.140. The molecular formula is C11H18N2O3. The predicted molar refractivity (Wildman–Crippen MR) is 57.2 cm³/mol. The largest absolute Gasteiger partial charge is 0.355 e. The molecule has 0 aromatic heterocycles. The first kappa shape index (κ1) is 11.4. The minimum absolute atomic E-state index is 0.0285. The fourth-order valence-corrected chi connectivity index (χ4v) is 2.19. The Balaban J connectivity index is 1.68. The van der Waals surface area contributed by atoms with E-state index in [9.17, 15) is 9.59 Å². The lowest BCUT2D eigenvalue weighted by molar-refractivity contribution is -0.143. The average molecular weight is 226 g/mol. The van der Waals surface area contributed by atoms with Crippen LogP contribution >= 0.6 is 0 Å². The van der Waals surface area contributed by atoms with Gasteiger partial charge in [-0.25, -0.2) is 5.48 Å². The summed E-state index contributed by atoms with van der Waals surface area (Å²) in [6, 6.07) is 0. The fraction of sp³-hybridized carbons (Fsp3) is 0.818. The Hall–Kier alpha value is -1.10. The SMILES string of the molecule is O=C1CCC(C(=O)NOC2CCCC2)CN1. The maximum atomic E-state index is 11.7. The van der Waals surface area contributed by atoms with Gasteiger partial charge in [-0.05, 0) is 19.3 Å². The molecule has 1 saturated carbocycles. The molecule has 0 spiro atoms. The molecule has 1 heterocycles. The van der Waals surface area contributed by atoms with E-state index in [-0.39, 0.29) is 23.8 Å². The second-order valence-corrected chi connectivity index (χ2v) is 4.53. The third-order valence-corrected chi connectivity index (χ3v) is 3.26. The highest BCUT2D eigenvalue weighted by atomic mass is 16.7. The minimum Gasteiger partial charge on any atom is -0.355 e. The molecule has 1 atom stereocenters. The summed E-state index contributed by atoms with van der Waals surface area (Å²) in [4.78, 5) is 27.9. The summed E-state index contributed by atoms with van der Waals surface area (Å²) in [6.07, 6.45) is 5.65. The molecule has 2 rings (SSSR count). The van der Waals surface area contributed by atoms with Crippen LogP contribution in [0.1, 0.15) is 38.5 Å². The smallest absolute Gasteiger partial charge is 0.248 e. The molecule has 2 aliphatic rings. The van der Waals surface area contributed by atoms with Crippen molar-refractivity contribution < 1.29 is 14.4 Å². The van der Waals surface area contributed by atoms with Crippen molar-refractivity contribution >= 4 is 11.8 Å². The first-order chi connectivity index (χ1) is 7.75. The van der Waals surface area contributed by atoms with Gasteiger partial charge in [0.25, 0.3) is 0 Å². The normalized spacial score (nSPS) is 26.5. The summed E-state index contributed by atoms with van der Waals surface area (Å²) < 4.78 is 0. The van der Waals surface area contributed by atoms with E-state index in [4.69, 9.17) is 4.84 Å². The van der Waals surface area contributed by atoms with Gasteiger partial charge in [-0.2, -0.15) is 0 Å². The molecule has 16 heavy (non-hydrogen) atoms. The number of rotatable bonds is 3. The van der Waals surface area contributed by atoms with Crippen LogP contribution in [0.5, 0.6) is 0 Å². The monoisotopic (exact) mass is 226 g/mol. The zero-order valence-corrected chi connectivity index (χ0v) is 9.33. The van der Waals surface area contributed by atoms with Crippen LogP contribution in [0.2, 0.25) is 0 Å². The van der Waals surface area contributed by atoms with Crippen LogP contribution in [-0.4, -0.2) is 24.5 Å². The highest BCUT2D eigenvalue weighted by molar-refractivity contribution is 5.83. The maximum absolute atomic E-state index is 11.7. The van der Waals surface area contributed by atoms with Gasteiger partial charge < -0.3 is 5.32 Å². The molecule has 0 aromatic carbocycles. The topological polar surface area (TPSA) is 67.4 Å². The summed E-state index contributed by atoms with van der Waals surface area (Å²) >= 11 is 0. The Bertz CT molecular complexity index is 264. The van der Waals surface area contributed by atoms with E-state index in [1.54, 1.807) is 0 Å². The van der Waals surface area contributed by atoms with E-state index in [2.05, 4.69) is 10.8 Å².